The minimum Gasteiger partial charge on any atom is -0.153 e. The van der Waals surface area contributed by atoms with Gasteiger partial charge in [0.1, 0.15) is 0 Å². The fourth-order valence-electron chi connectivity index (χ4n) is 1.53. The van der Waals surface area contributed by atoms with Crippen molar-refractivity contribution in [3.05, 3.63) is 0 Å². The van der Waals surface area contributed by atoms with Crippen LogP contribution in [0.3, 0.4) is 0 Å². The Morgan fingerprint density at radius 1 is 0.917 bits per heavy atom. The first kappa shape index (κ1) is 9.26. The maximum Gasteiger partial charge on any atom is 0.0223 e. The van der Waals surface area contributed by atoms with Gasteiger partial charge in [-0.2, -0.15) is 23.5 Å². The third kappa shape index (κ3) is 2.59. The lowest BCUT2D eigenvalue weighted by Crippen LogP contribution is -2.04. The molecule has 0 N–H and O–H groups in total. The lowest BCUT2D eigenvalue weighted by atomic mass is 10.0. The van der Waals surface area contributed by atoms with Crippen LogP contribution in [0.15, 0.2) is 0 Å². The Morgan fingerprint density at radius 2 is 1.25 bits per heavy atom. The monoisotopic (exact) mass is 202 g/mol. The first-order chi connectivity index (χ1) is 5.62. The van der Waals surface area contributed by atoms with Crippen LogP contribution in [0.1, 0.15) is 39.5 Å². The van der Waals surface area contributed by atoms with Crippen molar-refractivity contribution < 1.29 is 0 Å². The maximum absolute atomic E-state index is 2.41. The molecule has 0 aromatic carbocycles. The third-order valence-corrected chi connectivity index (χ3v) is 5.89. The number of rotatable bonds is 5. The largest absolute Gasteiger partial charge is 0.153 e. The van der Waals surface area contributed by atoms with E-state index in [0.29, 0.717) is 9.49 Å². The van der Waals surface area contributed by atoms with Gasteiger partial charge in [-0.3, -0.25) is 0 Å². The van der Waals surface area contributed by atoms with E-state index in [1.807, 2.05) is 0 Å². The van der Waals surface area contributed by atoms with E-state index < -0.39 is 0 Å². The van der Waals surface area contributed by atoms with Crippen molar-refractivity contribution in [3.8, 4) is 0 Å². The molecule has 2 aliphatic heterocycles. The van der Waals surface area contributed by atoms with Gasteiger partial charge in [-0.05, 0) is 26.7 Å². The summed E-state index contributed by atoms with van der Waals surface area (Å²) in [5.74, 6) is 2.83. The van der Waals surface area contributed by atoms with Crippen LogP contribution in [0.4, 0.5) is 0 Å². The second-order valence-electron chi connectivity index (χ2n) is 4.68. The summed E-state index contributed by atoms with van der Waals surface area (Å²) in [5.41, 5.74) is 0. The third-order valence-electron chi connectivity index (χ3n) is 2.94. The van der Waals surface area contributed by atoms with Crippen LogP contribution in [0.2, 0.25) is 0 Å². The molecule has 2 unspecified atom stereocenters. The summed E-state index contributed by atoms with van der Waals surface area (Å²) in [5, 5.41) is 0. The predicted octanol–water partition coefficient (Wildman–Crippen LogP) is 3.56. The highest BCUT2D eigenvalue weighted by Crippen LogP contribution is 2.50. The molecule has 0 aliphatic carbocycles. The molecule has 0 spiro atoms. The zero-order valence-corrected chi connectivity index (χ0v) is 9.69. The lowest BCUT2D eigenvalue weighted by Gasteiger charge is -2.08. The molecule has 2 saturated heterocycles. The maximum atomic E-state index is 2.41. The molecule has 2 rings (SSSR count). The number of hydrogen-bond donors (Lipinski definition) is 0. The average molecular weight is 202 g/mol. The Kier molecular flexibility index (Phi) is 2.41. The second-order valence-corrected chi connectivity index (χ2v) is 7.81. The summed E-state index contributed by atoms with van der Waals surface area (Å²) in [6, 6.07) is 0. The van der Waals surface area contributed by atoms with E-state index >= 15 is 0 Å². The standard InChI is InChI=1S/C10H18S2/c1-9(7-11-9)5-3-4-6-10(2)8-12-10/h3-8H2,1-2H3. The van der Waals surface area contributed by atoms with Gasteiger partial charge in [0.15, 0.2) is 0 Å². The van der Waals surface area contributed by atoms with Crippen LogP contribution in [0.25, 0.3) is 0 Å². The smallest absolute Gasteiger partial charge is 0.0223 e. The Balaban J connectivity index is 1.52. The van der Waals surface area contributed by atoms with Crippen LogP contribution in [-0.4, -0.2) is 21.0 Å². The van der Waals surface area contributed by atoms with Crippen LogP contribution < -0.4 is 0 Å². The summed E-state index contributed by atoms with van der Waals surface area (Å²) in [4.78, 5) is 0. The molecular weight excluding hydrogens is 184 g/mol. The van der Waals surface area contributed by atoms with Gasteiger partial charge in [-0.25, -0.2) is 0 Å². The SMILES string of the molecule is CC1(CCCCC2(C)CS2)CS1. The summed E-state index contributed by atoms with van der Waals surface area (Å²) >= 11 is 4.28. The van der Waals surface area contributed by atoms with Crippen molar-refractivity contribution in [1.82, 2.24) is 0 Å². The highest BCUT2D eigenvalue weighted by atomic mass is 32.2. The zero-order chi connectivity index (χ0) is 8.66. The summed E-state index contributed by atoms with van der Waals surface area (Å²) in [6.45, 7) is 4.82. The predicted molar refractivity (Wildman–Crippen MR) is 60.2 cm³/mol. The van der Waals surface area contributed by atoms with Crippen molar-refractivity contribution in [1.29, 1.82) is 0 Å². The molecular formula is C10H18S2. The molecule has 2 heterocycles. The molecule has 0 aromatic rings. The fraction of sp³-hybridized carbons (Fsp3) is 1.00. The topological polar surface area (TPSA) is 0 Å². The van der Waals surface area contributed by atoms with Gasteiger partial charge in [-0.1, -0.05) is 12.8 Å². The van der Waals surface area contributed by atoms with E-state index in [2.05, 4.69) is 37.4 Å². The minimum atomic E-state index is 0.706. The Labute approximate surface area is 84.3 Å². The summed E-state index contributed by atoms with van der Waals surface area (Å²) < 4.78 is 1.41. The van der Waals surface area contributed by atoms with E-state index in [9.17, 15) is 0 Å². The molecule has 12 heavy (non-hydrogen) atoms. The van der Waals surface area contributed by atoms with Gasteiger partial charge in [0, 0.05) is 21.0 Å². The van der Waals surface area contributed by atoms with Gasteiger partial charge < -0.3 is 0 Å². The highest BCUT2D eigenvalue weighted by molar-refractivity contribution is 8.08. The molecule has 0 aromatic heterocycles. The van der Waals surface area contributed by atoms with Crippen LogP contribution in [-0.2, 0) is 0 Å². The second kappa shape index (κ2) is 3.13. The molecule has 2 atom stereocenters. The van der Waals surface area contributed by atoms with Gasteiger partial charge in [0.05, 0.1) is 0 Å². The minimum absolute atomic E-state index is 0.706. The van der Waals surface area contributed by atoms with Crippen molar-refractivity contribution in [2.24, 2.45) is 0 Å². The zero-order valence-electron chi connectivity index (χ0n) is 8.06. The summed E-state index contributed by atoms with van der Waals surface area (Å²) in [6.07, 6.45) is 5.83. The number of unbranched alkanes of at least 4 members (excludes halogenated alkanes) is 1. The number of hydrogen-bond acceptors (Lipinski definition) is 2. The van der Waals surface area contributed by atoms with E-state index in [1.165, 1.54) is 37.2 Å². The number of thioether (sulfide) groups is 2. The van der Waals surface area contributed by atoms with Crippen molar-refractivity contribution in [2.75, 3.05) is 11.5 Å². The highest BCUT2D eigenvalue weighted by Gasteiger charge is 2.39. The van der Waals surface area contributed by atoms with E-state index in [-0.39, 0.29) is 0 Å². The van der Waals surface area contributed by atoms with Crippen LogP contribution >= 0.6 is 23.5 Å². The van der Waals surface area contributed by atoms with E-state index in [1.54, 1.807) is 0 Å². The quantitative estimate of drug-likeness (QED) is 0.494. The van der Waals surface area contributed by atoms with Gasteiger partial charge >= 0.3 is 0 Å². The molecule has 0 bridgehead atoms. The van der Waals surface area contributed by atoms with E-state index in [4.69, 9.17) is 0 Å². The Morgan fingerprint density at radius 3 is 1.50 bits per heavy atom. The van der Waals surface area contributed by atoms with Gasteiger partial charge in [-0.15, -0.1) is 0 Å². The molecule has 0 nitrogen and oxygen atoms in total. The molecule has 2 aliphatic rings. The Hall–Kier alpha value is 0.700. The van der Waals surface area contributed by atoms with Crippen molar-refractivity contribution in [3.63, 3.8) is 0 Å². The molecule has 0 amide bonds. The Bertz CT molecular complexity index is 149. The summed E-state index contributed by atoms with van der Waals surface area (Å²) in [7, 11) is 0. The lowest BCUT2D eigenvalue weighted by molar-refractivity contribution is 0.566. The van der Waals surface area contributed by atoms with Gasteiger partial charge in [0.2, 0.25) is 0 Å². The van der Waals surface area contributed by atoms with Crippen LogP contribution in [0, 0.1) is 0 Å². The molecule has 2 heteroatoms. The van der Waals surface area contributed by atoms with Crippen molar-refractivity contribution >= 4 is 23.5 Å². The fourth-order valence-corrected chi connectivity index (χ4v) is 2.89. The molecule has 0 saturated carbocycles. The van der Waals surface area contributed by atoms with Gasteiger partial charge in [0.25, 0.3) is 0 Å². The van der Waals surface area contributed by atoms with E-state index in [0.717, 1.165) is 0 Å². The molecule has 70 valence electrons. The molecule has 0 radical (unpaired) electrons. The molecule has 2 fully saturated rings. The normalized spacial score (nSPS) is 44.5. The van der Waals surface area contributed by atoms with Crippen LogP contribution in [0.5, 0.6) is 0 Å². The average Bonchev–Trinajstić information content (AvgIpc) is 2.89. The first-order valence-electron chi connectivity index (χ1n) is 4.90. The first-order valence-corrected chi connectivity index (χ1v) is 6.87. The van der Waals surface area contributed by atoms with Crippen molar-refractivity contribution in [2.45, 2.75) is 49.0 Å².